The van der Waals surface area contributed by atoms with Gasteiger partial charge in [-0.1, -0.05) is 109 Å². The van der Waals surface area contributed by atoms with E-state index in [1.54, 1.807) is 6.20 Å². The van der Waals surface area contributed by atoms with Gasteiger partial charge in [0.15, 0.2) is 0 Å². The third-order valence-corrected chi connectivity index (χ3v) is 10.3. The second-order valence-electron chi connectivity index (χ2n) is 12.1. The van der Waals surface area contributed by atoms with Gasteiger partial charge in [-0.15, -0.1) is 0 Å². The third-order valence-electron chi connectivity index (χ3n) is 10.3. The number of hydrogen-bond donors (Lipinski definition) is 0. The summed E-state index contributed by atoms with van der Waals surface area (Å²) >= 11 is 0. The number of benzene rings is 7. The van der Waals surface area contributed by atoms with Gasteiger partial charge in [0.1, 0.15) is 0 Å². The lowest BCUT2D eigenvalue weighted by Gasteiger charge is -2.39. The van der Waals surface area contributed by atoms with Gasteiger partial charge in [0.25, 0.3) is 0 Å². The zero-order valence-corrected chi connectivity index (χ0v) is 23.6. The van der Waals surface area contributed by atoms with Crippen LogP contribution in [0.15, 0.2) is 140 Å². The Morgan fingerprint density at radius 1 is 0.432 bits per heavy atom. The Labute approximate surface area is 252 Å². The lowest BCUT2D eigenvalue weighted by molar-refractivity contribution is 0.748. The smallest absolute Gasteiger partial charge is 0.0971 e. The van der Waals surface area contributed by atoms with Gasteiger partial charge in [0, 0.05) is 39.3 Å². The molecular formula is C41H23N3. The maximum absolute atomic E-state index is 4.88. The van der Waals surface area contributed by atoms with Crippen molar-refractivity contribution in [1.82, 2.24) is 14.5 Å². The zero-order valence-electron chi connectivity index (χ0n) is 23.6. The number of para-hydroxylation sites is 2. The summed E-state index contributed by atoms with van der Waals surface area (Å²) in [5.74, 6) is 0. The maximum Gasteiger partial charge on any atom is 0.0971 e. The molecule has 202 valence electrons. The monoisotopic (exact) mass is 557 g/mol. The fraction of sp³-hybridized carbons (Fsp3) is 0.0244. The van der Waals surface area contributed by atoms with Crippen molar-refractivity contribution in [2.75, 3.05) is 0 Å². The van der Waals surface area contributed by atoms with Gasteiger partial charge >= 0.3 is 0 Å². The molecule has 9 aromatic rings. The molecule has 11 rings (SSSR count). The summed E-state index contributed by atoms with van der Waals surface area (Å²) in [6.45, 7) is 0. The molecule has 44 heavy (non-hydrogen) atoms. The molecule has 2 aromatic heterocycles. The first kappa shape index (κ1) is 22.8. The van der Waals surface area contributed by atoms with Crippen molar-refractivity contribution < 1.29 is 0 Å². The molecule has 0 fully saturated rings. The van der Waals surface area contributed by atoms with Crippen LogP contribution in [-0.2, 0) is 5.41 Å². The Morgan fingerprint density at radius 3 is 1.80 bits per heavy atom. The van der Waals surface area contributed by atoms with Gasteiger partial charge in [-0.2, -0.15) is 0 Å². The molecule has 1 aliphatic heterocycles. The summed E-state index contributed by atoms with van der Waals surface area (Å²) in [5, 5.41) is 7.28. The Balaban J connectivity index is 1.43. The summed E-state index contributed by atoms with van der Waals surface area (Å²) in [7, 11) is 0. The van der Waals surface area contributed by atoms with Gasteiger partial charge in [-0.25, -0.2) is 0 Å². The number of hydrogen-bond acceptors (Lipinski definition) is 2. The topological polar surface area (TPSA) is 30.7 Å². The van der Waals surface area contributed by atoms with E-state index >= 15 is 0 Å². The largest absolute Gasteiger partial charge is 0.309 e. The molecular weight excluding hydrogens is 534 g/mol. The molecule has 2 aliphatic rings. The van der Waals surface area contributed by atoms with Crippen LogP contribution in [0.1, 0.15) is 22.3 Å². The fourth-order valence-electron chi connectivity index (χ4n) is 8.77. The molecule has 0 saturated carbocycles. The van der Waals surface area contributed by atoms with E-state index in [0.29, 0.717) is 0 Å². The standard InChI is InChI=1S/C41H23N3/c1-2-13-27-26(12-1)36-28(39-38(27)42-22-23-43-39)20-21-35-37(36)29-14-9-18-33-40(29)44(35)34-19-8-7-17-32(34)41(33)30-15-5-3-10-24(30)25-11-4-6-16-31(25)41/h1-23H. The molecule has 0 radical (unpaired) electrons. The Morgan fingerprint density at radius 2 is 1.02 bits per heavy atom. The van der Waals surface area contributed by atoms with E-state index in [9.17, 15) is 0 Å². The van der Waals surface area contributed by atoms with Crippen molar-refractivity contribution in [1.29, 1.82) is 0 Å². The molecule has 1 spiro atoms. The van der Waals surface area contributed by atoms with Gasteiger partial charge in [-0.05, 0) is 57.0 Å². The van der Waals surface area contributed by atoms with Crippen LogP contribution >= 0.6 is 0 Å². The second-order valence-corrected chi connectivity index (χ2v) is 12.1. The average molecular weight is 558 g/mol. The van der Waals surface area contributed by atoms with Crippen molar-refractivity contribution >= 4 is 54.4 Å². The minimum absolute atomic E-state index is 0.413. The first-order valence-corrected chi connectivity index (χ1v) is 15.2. The highest BCUT2D eigenvalue weighted by Gasteiger charge is 2.50. The Bertz CT molecular complexity index is 2650. The van der Waals surface area contributed by atoms with Crippen LogP contribution in [0.25, 0.3) is 71.2 Å². The molecule has 0 N–H and O–H groups in total. The molecule has 0 saturated heterocycles. The second kappa shape index (κ2) is 7.77. The number of fused-ring (bicyclic) bond motifs is 19. The van der Waals surface area contributed by atoms with Crippen LogP contribution in [0.3, 0.4) is 0 Å². The van der Waals surface area contributed by atoms with E-state index in [-0.39, 0.29) is 0 Å². The van der Waals surface area contributed by atoms with E-state index in [1.807, 2.05) is 6.20 Å². The van der Waals surface area contributed by atoms with Crippen molar-refractivity contribution in [3.63, 3.8) is 0 Å². The van der Waals surface area contributed by atoms with Gasteiger partial charge in [-0.3, -0.25) is 9.97 Å². The van der Waals surface area contributed by atoms with Crippen LogP contribution in [-0.4, -0.2) is 14.5 Å². The molecule has 0 bridgehead atoms. The van der Waals surface area contributed by atoms with Crippen molar-refractivity contribution in [3.8, 4) is 16.8 Å². The minimum atomic E-state index is -0.413. The molecule has 0 atom stereocenters. The molecule has 3 heterocycles. The number of rotatable bonds is 0. The lowest BCUT2D eigenvalue weighted by atomic mass is 9.65. The summed E-state index contributed by atoms with van der Waals surface area (Å²) in [6, 6.07) is 47.3. The SMILES string of the molecule is c1ccc2c(c1)-c1ccccc1C21c2ccccc2-n2c3ccc4c5nccnc5c5ccccc5c4c3c3cccc1c32. The number of nitrogens with zero attached hydrogens (tertiary/aromatic N) is 3. The number of aromatic nitrogens is 3. The maximum atomic E-state index is 4.88. The van der Waals surface area contributed by atoms with Crippen molar-refractivity contribution in [3.05, 3.63) is 162 Å². The predicted molar refractivity (Wildman–Crippen MR) is 180 cm³/mol. The lowest BCUT2D eigenvalue weighted by Crippen LogP contribution is -2.33. The van der Waals surface area contributed by atoms with E-state index in [0.717, 1.165) is 21.8 Å². The predicted octanol–water partition coefficient (Wildman–Crippen LogP) is 9.71. The van der Waals surface area contributed by atoms with Crippen molar-refractivity contribution in [2.45, 2.75) is 5.41 Å². The van der Waals surface area contributed by atoms with Gasteiger partial charge < -0.3 is 4.57 Å². The molecule has 3 heteroatoms. The molecule has 0 unspecified atom stereocenters. The molecule has 1 aliphatic carbocycles. The Hall–Kier alpha value is -5.80. The highest BCUT2D eigenvalue weighted by atomic mass is 15.0. The first-order chi connectivity index (χ1) is 21.9. The van der Waals surface area contributed by atoms with Crippen LogP contribution < -0.4 is 0 Å². The molecule has 3 nitrogen and oxygen atoms in total. The zero-order chi connectivity index (χ0) is 28.6. The van der Waals surface area contributed by atoms with Crippen LogP contribution in [0.5, 0.6) is 0 Å². The third kappa shape index (κ3) is 2.42. The van der Waals surface area contributed by atoms with Gasteiger partial charge in [0.2, 0.25) is 0 Å². The normalized spacial score (nSPS) is 14.1. The van der Waals surface area contributed by atoms with Gasteiger partial charge in [0.05, 0.1) is 33.2 Å². The molecule has 0 amide bonds. The average Bonchev–Trinajstić information content (AvgIpc) is 3.59. The van der Waals surface area contributed by atoms with E-state index in [1.165, 1.54) is 71.6 Å². The summed E-state index contributed by atoms with van der Waals surface area (Å²) in [6.07, 6.45) is 3.61. The highest BCUT2D eigenvalue weighted by Crippen LogP contribution is 2.61. The quantitative estimate of drug-likeness (QED) is 0.174. The van der Waals surface area contributed by atoms with Crippen LogP contribution in [0, 0.1) is 0 Å². The van der Waals surface area contributed by atoms with Crippen LogP contribution in [0.2, 0.25) is 0 Å². The highest BCUT2D eigenvalue weighted by molar-refractivity contribution is 6.34. The van der Waals surface area contributed by atoms with E-state index in [2.05, 4.69) is 132 Å². The summed E-state index contributed by atoms with van der Waals surface area (Å²) < 4.78 is 2.53. The van der Waals surface area contributed by atoms with E-state index < -0.39 is 5.41 Å². The summed E-state index contributed by atoms with van der Waals surface area (Å²) in [5.41, 5.74) is 13.2. The molecule has 7 aromatic carbocycles. The Kier molecular flexibility index (Phi) is 4.02. The van der Waals surface area contributed by atoms with E-state index in [4.69, 9.17) is 9.97 Å². The first-order valence-electron chi connectivity index (χ1n) is 15.2. The minimum Gasteiger partial charge on any atom is -0.309 e. The van der Waals surface area contributed by atoms with Crippen LogP contribution in [0.4, 0.5) is 0 Å². The summed E-state index contributed by atoms with van der Waals surface area (Å²) in [4.78, 5) is 9.68. The van der Waals surface area contributed by atoms with Crippen molar-refractivity contribution in [2.24, 2.45) is 0 Å². The fourth-order valence-corrected chi connectivity index (χ4v) is 8.77.